The Hall–Kier alpha value is -0.500. The molecule has 0 aliphatic rings. The molecule has 3 atom stereocenters. The van der Waals surface area contributed by atoms with E-state index in [1.807, 2.05) is 21.1 Å². The number of aliphatic hydroxyl groups is 1. The highest BCUT2D eigenvalue weighted by Gasteiger charge is 2.28. The number of phosphoric ester groups is 1. The molecule has 0 spiro atoms. The molecule has 348 valence electrons. The van der Waals surface area contributed by atoms with Gasteiger partial charge in [-0.3, -0.25) is 13.8 Å². The van der Waals surface area contributed by atoms with E-state index in [1.165, 1.54) is 193 Å². The number of phosphoric acid groups is 1. The third-order valence-electron chi connectivity index (χ3n) is 11.9. The van der Waals surface area contributed by atoms with Crippen molar-refractivity contribution in [3.05, 3.63) is 0 Å². The van der Waals surface area contributed by atoms with Crippen LogP contribution in [0.25, 0.3) is 0 Å². The maximum absolute atomic E-state index is 12.7. The maximum Gasteiger partial charge on any atom is 0.472 e. The number of hydrogen-bond donors (Lipinski definition) is 3. The lowest BCUT2D eigenvalue weighted by atomic mass is 10.0. The van der Waals surface area contributed by atoms with Gasteiger partial charge in [0.1, 0.15) is 13.2 Å². The van der Waals surface area contributed by atoms with Gasteiger partial charge in [0.25, 0.3) is 0 Å². The first-order chi connectivity index (χ1) is 28.0. The van der Waals surface area contributed by atoms with Crippen LogP contribution in [0.4, 0.5) is 0 Å². The molecule has 8 nitrogen and oxygen atoms in total. The molecular formula is C49H102N2O6P+. The summed E-state index contributed by atoms with van der Waals surface area (Å²) < 4.78 is 23.5. The predicted octanol–water partition coefficient (Wildman–Crippen LogP) is 14.5. The SMILES string of the molecule is CCCCCCCCCCCCCCCCCCCCCCCCCCCCCCCCC(O)C(COP(=O)(O)OCC[N+](C)(C)C)NC(=O)CCCCCCCC. The molecule has 0 fully saturated rings. The lowest BCUT2D eigenvalue weighted by Gasteiger charge is -2.26. The molecule has 3 N–H and O–H groups in total. The Morgan fingerprint density at radius 2 is 0.828 bits per heavy atom. The number of unbranched alkanes of at least 4 members (excludes halogenated alkanes) is 34. The van der Waals surface area contributed by atoms with Crippen LogP contribution in [0.2, 0.25) is 0 Å². The van der Waals surface area contributed by atoms with Crippen molar-refractivity contribution < 1.29 is 32.9 Å². The van der Waals surface area contributed by atoms with Crippen LogP contribution in [0.5, 0.6) is 0 Å². The summed E-state index contributed by atoms with van der Waals surface area (Å²) in [5.41, 5.74) is 0. The topological polar surface area (TPSA) is 105 Å². The lowest BCUT2D eigenvalue weighted by molar-refractivity contribution is -0.870. The number of rotatable bonds is 47. The first-order valence-corrected chi connectivity index (χ1v) is 26.9. The van der Waals surface area contributed by atoms with E-state index in [1.54, 1.807) is 0 Å². The van der Waals surface area contributed by atoms with Crippen LogP contribution in [-0.2, 0) is 18.4 Å². The van der Waals surface area contributed by atoms with Gasteiger partial charge >= 0.3 is 7.82 Å². The van der Waals surface area contributed by atoms with Crippen molar-refractivity contribution in [3.8, 4) is 0 Å². The summed E-state index contributed by atoms with van der Waals surface area (Å²) in [5, 5.41) is 13.9. The van der Waals surface area contributed by atoms with Gasteiger partial charge in [0, 0.05) is 6.42 Å². The van der Waals surface area contributed by atoms with Gasteiger partial charge in [0.2, 0.25) is 5.91 Å². The molecule has 1 amide bonds. The predicted molar refractivity (Wildman–Crippen MR) is 249 cm³/mol. The molecule has 0 aliphatic heterocycles. The molecule has 9 heteroatoms. The van der Waals surface area contributed by atoms with Crippen molar-refractivity contribution in [3.63, 3.8) is 0 Å². The third kappa shape index (κ3) is 43.6. The summed E-state index contributed by atoms with van der Waals surface area (Å²) in [5.74, 6) is -0.150. The van der Waals surface area contributed by atoms with Crippen molar-refractivity contribution in [2.75, 3.05) is 40.9 Å². The first kappa shape index (κ1) is 57.5. The molecule has 0 aromatic heterocycles. The molecular weight excluding hydrogens is 744 g/mol. The first-order valence-electron chi connectivity index (χ1n) is 25.4. The number of amides is 1. The number of aliphatic hydroxyl groups excluding tert-OH is 1. The zero-order valence-corrected chi connectivity index (χ0v) is 40.5. The van der Waals surface area contributed by atoms with Gasteiger partial charge in [-0.05, 0) is 12.8 Å². The number of hydrogen-bond acceptors (Lipinski definition) is 5. The number of nitrogens with zero attached hydrogens (tertiary/aromatic N) is 1. The second-order valence-corrected chi connectivity index (χ2v) is 20.4. The van der Waals surface area contributed by atoms with Crippen LogP contribution in [0, 0.1) is 0 Å². The van der Waals surface area contributed by atoms with Gasteiger partial charge in [0.15, 0.2) is 0 Å². The lowest BCUT2D eigenvalue weighted by Crippen LogP contribution is -2.46. The van der Waals surface area contributed by atoms with Crippen molar-refractivity contribution >= 4 is 13.7 Å². The Kier molecular flexibility index (Phi) is 41.5. The highest BCUT2D eigenvalue weighted by molar-refractivity contribution is 7.47. The highest BCUT2D eigenvalue weighted by atomic mass is 31.2. The summed E-state index contributed by atoms with van der Waals surface area (Å²) in [4.78, 5) is 22.9. The van der Waals surface area contributed by atoms with Gasteiger partial charge < -0.3 is 19.8 Å². The van der Waals surface area contributed by atoms with E-state index in [9.17, 15) is 19.4 Å². The Bertz CT molecular complexity index is 916. The van der Waals surface area contributed by atoms with Gasteiger partial charge in [-0.2, -0.15) is 0 Å². The van der Waals surface area contributed by atoms with Crippen LogP contribution >= 0.6 is 7.82 Å². The van der Waals surface area contributed by atoms with E-state index in [-0.39, 0.29) is 19.1 Å². The highest BCUT2D eigenvalue weighted by Crippen LogP contribution is 2.43. The Labute approximate surface area is 361 Å². The number of likely N-dealkylation sites (N-methyl/N-ethyl adjacent to an activating group) is 1. The Balaban J connectivity index is 3.86. The molecule has 0 saturated carbocycles. The number of carbonyl (C=O) groups excluding carboxylic acids is 1. The van der Waals surface area contributed by atoms with Crippen molar-refractivity contribution in [2.45, 2.75) is 270 Å². The van der Waals surface area contributed by atoms with Crippen LogP contribution in [-0.4, -0.2) is 73.4 Å². The third-order valence-corrected chi connectivity index (χ3v) is 12.8. The second-order valence-electron chi connectivity index (χ2n) is 18.9. The van der Waals surface area contributed by atoms with Crippen molar-refractivity contribution in [2.24, 2.45) is 0 Å². The number of nitrogens with one attached hydrogen (secondary N) is 1. The fraction of sp³-hybridized carbons (Fsp3) is 0.980. The average Bonchev–Trinajstić information content (AvgIpc) is 3.17. The molecule has 0 radical (unpaired) electrons. The van der Waals surface area contributed by atoms with Crippen molar-refractivity contribution in [1.29, 1.82) is 0 Å². The average molecular weight is 846 g/mol. The van der Waals surface area contributed by atoms with E-state index < -0.39 is 20.0 Å². The quantitative estimate of drug-likeness (QED) is 0.0320. The molecule has 0 aromatic rings. The Morgan fingerprint density at radius 1 is 0.517 bits per heavy atom. The molecule has 0 saturated heterocycles. The minimum Gasteiger partial charge on any atom is -0.391 e. The Morgan fingerprint density at radius 3 is 1.16 bits per heavy atom. The zero-order valence-electron chi connectivity index (χ0n) is 39.6. The number of carbonyl (C=O) groups is 1. The zero-order chi connectivity index (χ0) is 42.8. The van der Waals surface area contributed by atoms with E-state index in [0.717, 1.165) is 38.5 Å². The van der Waals surface area contributed by atoms with Crippen LogP contribution in [0.15, 0.2) is 0 Å². The van der Waals surface area contributed by atoms with Crippen LogP contribution in [0.3, 0.4) is 0 Å². The monoisotopic (exact) mass is 846 g/mol. The molecule has 0 aliphatic carbocycles. The standard InChI is InChI=1S/C49H101N2O6P/c1-6-8-10-12-14-15-16-17-18-19-20-21-22-23-24-25-26-27-28-29-30-31-32-33-34-35-36-37-38-40-42-48(52)47(50-49(53)43-41-39-13-11-9-7-2)46-57-58(54,55)56-45-44-51(3,4)5/h47-48,52H,6-46H2,1-5H3,(H-,50,53,54,55)/p+1. The summed E-state index contributed by atoms with van der Waals surface area (Å²) in [6.45, 7) is 4.85. The minimum absolute atomic E-state index is 0.0779. The second kappa shape index (κ2) is 41.8. The maximum atomic E-state index is 12.7. The largest absolute Gasteiger partial charge is 0.472 e. The van der Waals surface area contributed by atoms with Gasteiger partial charge in [0.05, 0.1) is 39.9 Å². The fourth-order valence-corrected chi connectivity index (χ4v) is 8.55. The normalized spacial score (nSPS) is 14.1. The van der Waals surface area contributed by atoms with E-state index >= 15 is 0 Å². The number of quaternary nitrogens is 1. The van der Waals surface area contributed by atoms with Crippen LogP contribution < -0.4 is 5.32 Å². The van der Waals surface area contributed by atoms with Gasteiger partial charge in [-0.1, -0.05) is 239 Å². The fourth-order valence-electron chi connectivity index (χ4n) is 7.81. The summed E-state index contributed by atoms with van der Waals surface area (Å²) in [6.07, 6.45) is 47.7. The van der Waals surface area contributed by atoms with E-state index in [2.05, 4.69) is 19.2 Å². The smallest absolute Gasteiger partial charge is 0.391 e. The van der Waals surface area contributed by atoms with E-state index in [4.69, 9.17) is 9.05 Å². The summed E-state index contributed by atoms with van der Waals surface area (Å²) >= 11 is 0. The van der Waals surface area contributed by atoms with Gasteiger partial charge in [-0.25, -0.2) is 4.57 Å². The van der Waals surface area contributed by atoms with Crippen molar-refractivity contribution in [1.82, 2.24) is 5.32 Å². The molecule has 58 heavy (non-hydrogen) atoms. The molecule has 0 bridgehead atoms. The van der Waals surface area contributed by atoms with Crippen LogP contribution in [0.1, 0.15) is 258 Å². The minimum atomic E-state index is -4.30. The summed E-state index contributed by atoms with van der Waals surface area (Å²) in [6, 6.07) is -0.751. The molecule has 3 unspecified atom stereocenters. The van der Waals surface area contributed by atoms with E-state index in [0.29, 0.717) is 23.9 Å². The molecule has 0 heterocycles. The molecule has 0 aromatic carbocycles. The van der Waals surface area contributed by atoms with Gasteiger partial charge in [-0.15, -0.1) is 0 Å². The summed E-state index contributed by atoms with van der Waals surface area (Å²) in [7, 11) is 1.63. The molecule has 0 rings (SSSR count).